The van der Waals surface area contributed by atoms with Gasteiger partial charge in [-0.1, -0.05) is 6.07 Å². The molecule has 0 aliphatic carbocycles. The van der Waals surface area contributed by atoms with Crippen LogP contribution in [0.5, 0.6) is 0 Å². The molecule has 134 valence electrons. The average Bonchev–Trinajstić information content (AvgIpc) is 2.93. The predicted octanol–water partition coefficient (Wildman–Crippen LogP) is 1.19. The number of nitrogens with zero attached hydrogens (tertiary/aromatic N) is 1. The minimum absolute atomic E-state index is 0.166. The largest absolute Gasteiger partial charge is 0.326 e. The van der Waals surface area contributed by atoms with E-state index in [1.165, 1.54) is 4.90 Å². The first-order valence-electron chi connectivity index (χ1n) is 8.51. The Balaban J connectivity index is 1.75. The molecule has 7 heteroatoms. The maximum atomic E-state index is 12.7. The molecule has 1 aromatic carbocycles. The highest BCUT2D eigenvalue weighted by Gasteiger charge is 2.39. The number of hydrogen-bond donors (Lipinski definition) is 2. The maximum absolute atomic E-state index is 12.7. The van der Waals surface area contributed by atoms with Crippen molar-refractivity contribution in [1.29, 1.82) is 0 Å². The summed E-state index contributed by atoms with van der Waals surface area (Å²) in [4.78, 5) is 49.6. The lowest BCUT2D eigenvalue weighted by Crippen LogP contribution is -2.52. The Kier molecular flexibility index (Phi) is 5.03. The second kappa shape index (κ2) is 7.40. The number of fused-ring (bicyclic) bond motifs is 1. The molecule has 2 heterocycles. The number of anilines is 1. The molecular formula is C19H19N3O4. The van der Waals surface area contributed by atoms with E-state index in [1.54, 1.807) is 18.2 Å². The number of benzene rings is 1. The molecule has 2 aliphatic heterocycles. The molecular weight excluding hydrogens is 334 g/mol. The highest BCUT2D eigenvalue weighted by atomic mass is 16.2. The highest BCUT2D eigenvalue weighted by molar-refractivity contribution is 6.06. The number of unbranched alkanes of at least 4 members (excludes halogenated alkanes) is 1. The zero-order valence-electron chi connectivity index (χ0n) is 14.2. The van der Waals surface area contributed by atoms with E-state index in [0.717, 1.165) is 0 Å². The number of imide groups is 1. The molecule has 1 aromatic rings. The molecule has 0 radical (unpaired) electrons. The molecule has 1 saturated heterocycles. The molecule has 7 nitrogen and oxygen atoms in total. The number of rotatable bonds is 5. The lowest BCUT2D eigenvalue weighted by Gasteiger charge is -2.29. The summed E-state index contributed by atoms with van der Waals surface area (Å²) in [7, 11) is 0. The van der Waals surface area contributed by atoms with Crippen molar-refractivity contribution < 1.29 is 19.2 Å². The van der Waals surface area contributed by atoms with E-state index >= 15 is 0 Å². The van der Waals surface area contributed by atoms with Crippen LogP contribution in [-0.2, 0) is 20.9 Å². The molecule has 0 bridgehead atoms. The van der Waals surface area contributed by atoms with Crippen LogP contribution in [0.2, 0.25) is 0 Å². The summed E-state index contributed by atoms with van der Waals surface area (Å²) in [6.07, 6.45) is 7.12. The van der Waals surface area contributed by atoms with Crippen molar-refractivity contribution in [2.75, 3.05) is 5.32 Å². The van der Waals surface area contributed by atoms with E-state index in [9.17, 15) is 19.2 Å². The summed E-state index contributed by atoms with van der Waals surface area (Å²) in [6.45, 7) is 0.223. The lowest BCUT2D eigenvalue weighted by molar-refractivity contribution is -0.137. The Hall–Kier alpha value is -3.14. The van der Waals surface area contributed by atoms with Gasteiger partial charge in [0, 0.05) is 42.6 Å². The van der Waals surface area contributed by atoms with Crippen LogP contribution in [0.1, 0.15) is 48.0 Å². The Morgan fingerprint density at radius 2 is 2.15 bits per heavy atom. The third kappa shape index (κ3) is 3.45. The smallest absolute Gasteiger partial charge is 0.255 e. The number of amides is 4. The van der Waals surface area contributed by atoms with Crippen molar-refractivity contribution in [3.05, 3.63) is 29.3 Å². The van der Waals surface area contributed by atoms with Gasteiger partial charge in [0.1, 0.15) is 6.04 Å². The highest BCUT2D eigenvalue weighted by Crippen LogP contribution is 2.32. The van der Waals surface area contributed by atoms with Gasteiger partial charge in [0.05, 0.1) is 0 Å². The van der Waals surface area contributed by atoms with Gasteiger partial charge in [-0.05, 0) is 25.0 Å². The molecule has 0 saturated carbocycles. The van der Waals surface area contributed by atoms with Crippen molar-refractivity contribution in [2.45, 2.75) is 44.7 Å². The normalized spacial score (nSPS) is 19.0. The summed E-state index contributed by atoms with van der Waals surface area (Å²) < 4.78 is 0. The van der Waals surface area contributed by atoms with E-state index in [-0.39, 0.29) is 30.7 Å². The van der Waals surface area contributed by atoms with Crippen LogP contribution >= 0.6 is 0 Å². The molecule has 0 aromatic heterocycles. The van der Waals surface area contributed by atoms with Crippen molar-refractivity contribution in [1.82, 2.24) is 10.2 Å². The van der Waals surface area contributed by atoms with Crippen LogP contribution in [0.25, 0.3) is 0 Å². The van der Waals surface area contributed by atoms with Gasteiger partial charge in [0.25, 0.3) is 5.91 Å². The minimum Gasteiger partial charge on any atom is -0.326 e. The fraction of sp³-hybridized carbons (Fsp3) is 0.368. The number of terminal acetylenes is 1. The van der Waals surface area contributed by atoms with Crippen LogP contribution in [0.15, 0.2) is 18.2 Å². The van der Waals surface area contributed by atoms with Crippen molar-refractivity contribution in [2.24, 2.45) is 0 Å². The second-order valence-corrected chi connectivity index (χ2v) is 6.34. The quantitative estimate of drug-likeness (QED) is 0.472. The van der Waals surface area contributed by atoms with Crippen LogP contribution in [0, 0.1) is 12.3 Å². The number of carbonyl (C=O) groups is 4. The Labute approximate surface area is 151 Å². The summed E-state index contributed by atoms with van der Waals surface area (Å²) >= 11 is 0. The maximum Gasteiger partial charge on any atom is 0.255 e. The van der Waals surface area contributed by atoms with Crippen molar-refractivity contribution in [3.63, 3.8) is 0 Å². The molecule has 1 atom stereocenters. The average molecular weight is 353 g/mol. The number of carbonyl (C=O) groups excluding carboxylic acids is 4. The topological polar surface area (TPSA) is 95.6 Å². The zero-order chi connectivity index (χ0) is 18.7. The first-order valence-corrected chi connectivity index (χ1v) is 8.51. The fourth-order valence-corrected chi connectivity index (χ4v) is 3.27. The van der Waals surface area contributed by atoms with Gasteiger partial charge in [-0.3, -0.25) is 24.5 Å². The molecule has 2 N–H and O–H groups in total. The summed E-state index contributed by atoms with van der Waals surface area (Å²) in [5.41, 5.74) is 1.72. The van der Waals surface area contributed by atoms with Crippen LogP contribution in [0.4, 0.5) is 5.69 Å². The van der Waals surface area contributed by atoms with Crippen molar-refractivity contribution >= 4 is 29.3 Å². The van der Waals surface area contributed by atoms with Crippen LogP contribution < -0.4 is 10.6 Å². The van der Waals surface area contributed by atoms with Crippen molar-refractivity contribution in [3.8, 4) is 12.3 Å². The van der Waals surface area contributed by atoms with E-state index < -0.39 is 11.9 Å². The van der Waals surface area contributed by atoms with Gasteiger partial charge in [0.2, 0.25) is 17.7 Å². The van der Waals surface area contributed by atoms with E-state index in [4.69, 9.17) is 6.42 Å². The van der Waals surface area contributed by atoms with E-state index in [2.05, 4.69) is 16.6 Å². The first-order chi connectivity index (χ1) is 12.5. The first kappa shape index (κ1) is 17.7. The molecule has 2 aliphatic rings. The monoisotopic (exact) mass is 353 g/mol. The molecule has 3 rings (SSSR count). The van der Waals surface area contributed by atoms with Gasteiger partial charge in [-0.2, -0.15) is 0 Å². The summed E-state index contributed by atoms with van der Waals surface area (Å²) in [5, 5.41) is 5.09. The number of piperidine rings is 1. The van der Waals surface area contributed by atoms with Gasteiger partial charge >= 0.3 is 0 Å². The Morgan fingerprint density at radius 1 is 1.35 bits per heavy atom. The Bertz CT molecular complexity index is 825. The predicted molar refractivity (Wildman–Crippen MR) is 93.8 cm³/mol. The third-order valence-electron chi connectivity index (χ3n) is 4.58. The standard InChI is InChI=1S/C19H19N3O4/c1-2-3-4-8-16(23)20-14-7-5-6-12-13(14)11-22(19(12)26)15-9-10-17(24)21-18(15)25/h1,5-7,15H,3-4,8-11H2,(H,20,23)(H,21,24,25). The van der Waals surface area contributed by atoms with E-state index in [0.29, 0.717) is 42.5 Å². The SMILES string of the molecule is C#CCCCC(=O)Nc1cccc2c1CN(C1CCC(=O)NC1=O)C2=O. The summed E-state index contributed by atoms with van der Waals surface area (Å²) in [5.74, 6) is 1.28. The zero-order valence-corrected chi connectivity index (χ0v) is 14.2. The second-order valence-electron chi connectivity index (χ2n) is 6.34. The van der Waals surface area contributed by atoms with E-state index in [1.807, 2.05) is 0 Å². The van der Waals surface area contributed by atoms with Crippen LogP contribution in [0.3, 0.4) is 0 Å². The van der Waals surface area contributed by atoms with Crippen LogP contribution in [-0.4, -0.2) is 34.6 Å². The molecule has 1 unspecified atom stereocenters. The minimum atomic E-state index is -0.674. The molecule has 1 fully saturated rings. The lowest BCUT2D eigenvalue weighted by atomic mass is 10.0. The third-order valence-corrected chi connectivity index (χ3v) is 4.58. The van der Waals surface area contributed by atoms with Gasteiger partial charge in [-0.15, -0.1) is 12.3 Å². The molecule has 0 spiro atoms. The number of nitrogens with one attached hydrogen (secondary N) is 2. The molecule has 4 amide bonds. The van der Waals surface area contributed by atoms with Gasteiger partial charge < -0.3 is 10.2 Å². The molecule has 26 heavy (non-hydrogen) atoms. The van der Waals surface area contributed by atoms with Gasteiger partial charge in [0.15, 0.2) is 0 Å². The fourth-order valence-electron chi connectivity index (χ4n) is 3.27. The Morgan fingerprint density at radius 3 is 2.88 bits per heavy atom. The number of hydrogen-bond acceptors (Lipinski definition) is 4. The summed E-state index contributed by atoms with van der Waals surface area (Å²) in [6, 6.07) is 4.44. The van der Waals surface area contributed by atoms with Gasteiger partial charge in [-0.25, -0.2) is 0 Å².